The predicted molar refractivity (Wildman–Crippen MR) is 68.3 cm³/mol. The van der Waals surface area contributed by atoms with Gasteiger partial charge in [0.15, 0.2) is 5.82 Å². The summed E-state index contributed by atoms with van der Waals surface area (Å²) in [6.07, 6.45) is 0. The van der Waals surface area contributed by atoms with Gasteiger partial charge in [0.1, 0.15) is 11.4 Å². The van der Waals surface area contributed by atoms with Gasteiger partial charge >= 0.3 is 5.97 Å². The van der Waals surface area contributed by atoms with E-state index in [1.54, 1.807) is 0 Å². The summed E-state index contributed by atoms with van der Waals surface area (Å²) < 4.78 is 32.4. The van der Waals surface area contributed by atoms with Crippen molar-refractivity contribution < 1.29 is 18.3 Å². The number of methoxy groups -OCH3 is 1. The molecule has 1 saturated heterocycles. The highest BCUT2D eigenvalue weighted by atomic mass is 19.1. The number of hydrogen-bond donors (Lipinski definition) is 0. The van der Waals surface area contributed by atoms with Gasteiger partial charge < -0.3 is 9.64 Å². The Morgan fingerprint density at radius 2 is 1.68 bits per heavy atom. The quantitative estimate of drug-likeness (QED) is 0.610. The number of ether oxygens (including phenoxy) is 1. The summed E-state index contributed by atoms with van der Waals surface area (Å²) in [6, 6.07) is 2.45. The minimum absolute atomic E-state index is 0.219. The van der Waals surface area contributed by atoms with Crippen molar-refractivity contribution in [1.82, 2.24) is 0 Å². The van der Waals surface area contributed by atoms with Crippen molar-refractivity contribution in [2.24, 2.45) is 0 Å². The normalized spacial score (nSPS) is 19.2. The van der Waals surface area contributed by atoms with Crippen molar-refractivity contribution in [3.8, 4) is 0 Å². The van der Waals surface area contributed by atoms with Crippen LogP contribution in [0, 0.1) is 11.6 Å². The maximum atomic E-state index is 14.4. The lowest BCUT2D eigenvalue weighted by Gasteiger charge is -2.13. The lowest BCUT2D eigenvalue weighted by atomic mass is 10.0. The topological polar surface area (TPSA) is 29.3 Å². The van der Waals surface area contributed by atoms with Crippen LogP contribution in [0.4, 0.5) is 14.5 Å². The van der Waals surface area contributed by atoms with Crippen molar-refractivity contribution in [3.05, 3.63) is 29.3 Å². The van der Waals surface area contributed by atoms with E-state index in [2.05, 4.69) is 4.74 Å². The number of rotatable bonds is 2. The van der Waals surface area contributed by atoms with Crippen LogP contribution >= 0.6 is 0 Å². The van der Waals surface area contributed by atoms with Gasteiger partial charge in [-0.3, -0.25) is 0 Å². The molecule has 0 N–H and O–H groups in total. The van der Waals surface area contributed by atoms with Crippen molar-refractivity contribution in [2.45, 2.75) is 38.8 Å². The highest BCUT2D eigenvalue weighted by Gasteiger charge is 2.63. The third-order valence-corrected chi connectivity index (χ3v) is 4.27. The average molecular weight is 269 g/mol. The van der Waals surface area contributed by atoms with Gasteiger partial charge in [0.05, 0.1) is 23.9 Å². The number of halogens is 2. The molecule has 1 aromatic rings. The van der Waals surface area contributed by atoms with Crippen LogP contribution in [-0.4, -0.2) is 24.2 Å². The number of benzene rings is 1. The molecule has 0 atom stereocenters. The lowest BCUT2D eigenvalue weighted by Crippen LogP contribution is -2.14. The summed E-state index contributed by atoms with van der Waals surface area (Å²) in [5.41, 5.74) is -0.923. The van der Waals surface area contributed by atoms with Crippen LogP contribution in [0.1, 0.15) is 38.1 Å². The summed E-state index contributed by atoms with van der Waals surface area (Å²) in [5, 5.41) is 0. The fourth-order valence-electron chi connectivity index (χ4n) is 2.53. The highest BCUT2D eigenvalue weighted by Crippen LogP contribution is 2.54. The number of carbonyl (C=O) groups excluding carboxylic acids is 1. The van der Waals surface area contributed by atoms with E-state index in [0.717, 1.165) is 13.2 Å². The molecule has 1 aliphatic rings. The van der Waals surface area contributed by atoms with E-state index in [9.17, 15) is 13.6 Å². The zero-order valence-corrected chi connectivity index (χ0v) is 11.7. The molecule has 0 unspecified atom stereocenters. The first-order valence-corrected chi connectivity index (χ1v) is 6.03. The van der Waals surface area contributed by atoms with Gasteiger partial charge in [0.25, 0.3) is 0 Å². The summed E-state index contributed by atoms with van der Waals surface area (Å²) in [6.45, 7) is 7.86. The standard InChI is InChI=1S/C14H17F2NO2/c1-13(2)14(3,4)17(13)9-7-6-8(15)10(11(9)16)12(18)19-5/h6-7H,1-5H3. The first kappa shape index (κ1) is 13.8. The Kier molecular flexibility index (Phi) is 2.84. The van der Waals surface area contributed by atoms with E-state index in [1.165, 1.54) is 6.07 Å². The van der Waals surface area contributed by atoms with Crippen LogP contribution in [0.3, 0.4) is 0 Å². The molecule has 1 fully saturated rings. The maximum absolute atomic E-state index is 14.4. The van der Waals surface area contributed by atoms with Crippen molar-refractivity contribution in [1.29, 1.82) is 0 Å². The third-order valence-electron chi connectivity index (χ3n) is 4.27. The summed E-state index contributed by atoms with van der Waals surface area (Å²) >= 11 is 0. The number of esters is 1. The molecular formula is C14H17F2NO2. The zero-order chi connectivity index (χ0) is 14.6. The summed E-state index contributed by atoms with van der Waals surface area (Å²) in [4.78, 5) is 13.3. The molecule has 0 amide bonds. The second-order valence-corrected chi connectivity index (χ2v) is 5.70. The molecule has 1 heterocycles. The zero-order valence-electron chi connectivity index (χ0n) is 11.7. The second-order valence-electron chi connectivity index (χ2n) is 5.70. The Bertz CT molecular complexity index is 539. The molecule has 0 radical (unpaired) electrons. The molecule has 1 aromatic carbocycles. The van der Waals surface area contributed by atoms with E-state index >= 15 is 0 Å². The number of anilines is 1. The molecule has 3 nitrogen and oxygen atoms in total. The minimum Gasteiger partial charge on any atom is -0.465 e. The highest BCUT2D eigenvalue weighted by molar-refractivity contribution is 5.91. The molecule has 19 heavy (non-hydrogen) atoms. The molecule has 0 aliphatic carbocycles. The SMILES string of the molecule is COC(=O)c1c(F)ccc(N2C(C)(C)C2(C)C)c1F. The van der Waals surface area contributed by atoms with E-state index < -0.39 is 23.2 Å². The largest absolute Gasteiger partial charge is 0.465 e. The van der Waals surface area contributed by atoms with Crippen molar-refractivity contribution in [2.75, 3.05) is 12.0 Å². The Hall–Kier alpha value is -1.65. The van der Waals surface area contributed by atoms with Crippen LogP contribution in [0.2, 0.25) is 0 Å². The predicted octanol–water partition coefficient (Wildman–Crippen LogP) is 3.13. The first-order valence-electron chi connectivity index (χ1n) is 6.03. The number of nitrogens with zero attached hydrogens (tertiary/aromatic N) is 1. The van der Waals surface area contributed by atoms with Gasteiger partial charge in [0, 0.05) is 0 Å². The summed E-state index contributed by atoms with van der Waals surface area (Å²) in [5.74, 6) is -2.79. The van der Waals surface area contributed by atoms with E-state index in [4.69, 9.17) is 0 Å². The second kappa shape index (κ2) is 3.92. The molecule has 2 rings (SSSR count). The summed E-state index contributed by atoms with van der Waals surface area (Å²) in [7, 11) is 1.10. The Morgan fingerprint density at radius 3 is 2.11 bits per heavy atom. The molecule has 104 valence electrons. The molecule has 0 bridgehead atoms. The molecular weight excluding hydrogens is 252 g/mol. The number of hydrogen-bond acceptors (Lipinski definition) is 3. The Labute approximate surface area is 111 Å². The van der Waals surface area contributed by atoms with E-state index in [0.29, 0.717) is 0 Å². The third kappa shape index (κ3) is 1.71. The number of carbonyl (C=O) groups is 1. The smallest absolute Gasteiger partial charge is 0.343 e. The van der Waals surface area contributed by atoms with Crippen LogP contribution in [0.25, 0.3) is 0 Å². The van der Waals surface area contributed by atoms with Gasteiger partial charge in [-0.05, 0) is 39.8 Å². The molecule has 0 spiro atoms. The molecule has 0 aromatic heterocycles. The average Bonchev–Trinajstić information content (AvgIpc) is 2.71. The monoisotopic (exact) mass is 269 g/mol. The van der Waals surface area contributed by atoms with Gasteiger partial charge in [-0.15, -0.1) is 0 Å². The minimum atomic E-state index is -1.01. The lowest BCUT2D eigenvalue weighted by molar-refractivity contribution is 0.0590. The van der Waals surface area contributed by atoms with Gasteiger partial charge in [-0.2, -0.15) is 0 Å². The van der Waals surface area contributed by atoms with E-state index in [-0.39, 0.29) is 16.8 Å². The Morgan fingerprint density at radius 1 is 1.16 bits per heavy atom. The van der Waals surface area contributed by atoms with Crippen molar-refractivity contribution >= 4 is 11.7 Å². The van der Waals surface area contributed by atoms with Crippen LogP contribution in [-0.2, 0) is 4.74 Å². The van der Waals surface area contributed by atoms with E-state index in [1.807, 2.05) is 32.6 Å². The van der Waals surface area contributed by atoms with Crippen LogP contribution in [0.5, 0.6) is 0 Å². The maximum Gasteiger partial charge on any atom is 0.343 e. The van der Waals surface area contributed by atoms with Crippen LogP contribution in [0.15, 0.2) is 12.1 Å². The molecule has 1 aliphatic heterocycles. The Balaban J connectivity index is 2.54. The fraction of sp³-hybridized carbons (Fsp3) is 0.500. The molecule has 0 saturated carbocycles. The van der Waals surface area contributed by atoms with Crippen LogP contribution < -0.4 is 4.90 Å². The fourth-order valence-corrected chi connectivity index (χ4v) is 2.53. The van der Waals surface area contributed by atoms with Crippen molar-refractivity contribution in [3.63, 3.8) is 0 Å². The van der Waals surface area contributed by atoms with Gasteiger partial charge in [0.2, 0.25) is 0 Å². The van der Waals surface area contributed by atoms with Gasteiger partial charge in [-0.1, -0.05) is 0 Å². The first-order chi connectivity index (χ1) is 8.66. The molecule has 5 heteroatoms. The van der Waals surface area contributed by atoms with Gasteiger partial charge in [-0.25, -0.2) is 13.6 Å².